The summed E-state index contributed by atoms with van der Waals surface area (Å²) in [5, 5.41) is 0. The molecule has 6 heteroatoms. The van der Waals surface area contributed by atoms with Crippen LogP contribution in [0.1, 0.15) is 32.1 Å². The van der Waals surface area contributed by atoms with Gasteiger partial charge in [0.25, 0.3) is 0 Å². The van der Waals surface area contributed by atoms with E-state index in [0.29, 0.717) is 19.3 Å². The van der Waals surface area contributed by atoms with Gasteiger partial charge in [0.1, 0.15) is 0 Å². The van der Waals surface area contributed by atoms with Crippen molar-refractivity contribution in [1.82, 2.24) is 0 Å². The predicted molar refractivity (Wildman–Crippen MR) is 54.7 cm³/mol. The molecule has 0 radical (unpaired) electrons. The van der Waals surface area contributed by atoms with Crippen LogP contribution in [0.4, 0.5) is 0 Å². The Kier molecular flexibility index (Phi) is 2.30. The quantitative estimate of drug-likeness (QED) is 0.456. The molecule has 0 N–H and O–H groups in total. The van der Waals surface area contributed by atoms with E-state index in [1.165, 1.54) is 0 Å². The third-order valence-corrected chi connectivity index (χ3v) is 4.06. The first-order valence-electron chi connectivity index (χ1n) is 5.96. The summed E-state index contributed by atoms with van der Waals surface area (Å²) in [5.74, 6) is -2.93. The molecule has 1 aliphatic carbocycles. The highest BCUT2D eigenvalue weighted by Crippen LogP contribution is 2.51. The second-order valence-electron chi connectivity index (χ2n) is 5.48. The molecule has 3 aliphatic rings. The van der Waals surface area contributed by atoms with Crippen LogP contribution in [-0.2, 0) is 28.7 Å². The largest absolute Gasteiger partial charge is 0.393 e. The highest BCUT2D eigenvalue weighted by atomic mass is 16.6. The highest BCUT2D eigenvalue weighted by molar-refractivity contribution is 5.93. The minimum Gasteiger partial charge on any atom is -0.393 e. The molecule has 18 heavy (non-hydrogen) atoms. The van der Waals surface area contributed by atoms with Gasteiger partial charge in [0.2, 0.25) is 0 Å². The summed E-state index contributed by atoms with van der Waals surface area (Å²) in [6, 6.07) is 0. The molecule has 2 aliphatic heterocycles. The van der Waals surface area contributed by atoms with Crippen molar-refractivity contribution in [1.29, 1.82) is 0 Å². The lowest BCUT2D eigenvalue weighted by atomic mass is 9.61. The number of rotatable bonds is 0. The molecule has 2 bridgehead atoms. The topological polar surface area (TPSA) is 86.7 Å². The zero-order chi connectivity index (χ0) is 12.9. The van der Waals surface area contributed by atoms with E-state index in [-0.39, 0.29) is 24.7 Å². The molecule has 6 nitrogen and oxygen atoms in total. The van der Waals surface area contributed by atoms with E-state index in [9.17, 15) is 19.2 Å². The lowest BCUT2D eigenvalue weighted by molar-refractivity contribution is -0.186. The number of carbonyl (C=O) groups is 4. The maximum Gasteiger partial charge on any atom is 0.316 e. The molecule has 3 fully saturated rings. The Morgan fingerprint density at radius 1 is 0.833 bits per heavy atom. The molecular weight excluding hydrogens is 240 g/mol. The molecule has 2 unspecified atom stereocenters. The van der Waals surface area contributed by atoms with Gasteiger partial charge in [0.15, 0.2) is 0 Å². The normalized spacial score (nSPS) is 34.2. The van der Waals surface area contributed by atoms with Gasteiger partial charge in [0.05, 0.1) is 24.7 Å². The van der Waals surface area contributed by atoms with Crippen LogP contribution in [0, 0.1) is 17.3 Å². The van der Waals surface area contributed by atoms with Crippen LogP contribution in [0.25, 0.3) is 0 Å². The summed E-state index contributed by atoms with van der Waals surface area (Å²) in [5.41, 5.74) is -0.588. The number of ether oxygens (including phenoxy) is 2. The van der Waals surface area contributed by atoms with Crippen molar-refractivity contribution in [2.24, 2.45) is 17.3 Å². The number of fused-ring (bicyclic) bond motifs is 2. The first-order valence-corrected chi connectivity index (χ1v) is 5.96. The van der Waals surface area contributed by atoms with Crippen LogP contribution in [0.5, 0.6) is 0 Å². The smallest absolute Gasteiger partial charge is 0.316 e. The fourth-order valence-electron chi connectivity index (χ4n) is 3.43. The highest BCUT2D eigenvalue weighted by Gasteiger charge is 2.53. The predicted octanol–water partition coefficient (Wildman–Crippen LogP) is 0.336. The summed E-state index contributed by atoms with van der Waals surface area (Å²) in [4.78, 5) is 45.9. The Balaban J connectivity index is 1.90. The molecule has 0 aromatic rings. The van der Waals surface area contributed by atoms with Crippen LogP contribution >= 0.6 is 0 Å². The number of carbonyl (C=O) groups excluding carboxylic acids is 4. The lowest BCUT2D eigenvalue weighted by Gasteiger charge is -2.45. The number of hydrogen-bond donors (Lipinski definition) is 0. The third-order valence-electron chi connectivity index (χ3n) is 4.06. The summed E-state index contributed by atoms with van der Waals surface area (Å²) >= 11 is 0. The fourth-order valence-corrected chi connectivity index (χ4v) is 3.43. The van der Waals surface area contributed by atoms with Gasteiger partial charge in [-0.15, -0.1) is 0 Å². The van der Waals surface area contributed by atoms with Crippen molar-refractivity contribution in [3.8, 4) is 0 Å². The van der Waals surface area contributed by atoms with Gasteiger partial charge < -0.3 is 9.47 Å². The molecule has 96 valence electrons. The van der Waals surface area contributed by atoms with Crippen LogP contribution in [0.15, 0.2) is 0 Å². The number of cyclic esters (lactones) is 4. The van der Waals surface area contributed by atoms with Crippen LogP contribution in [0.2, 0.25) is 0 Å². The second-order valence-corrected chi connectivity index (χ2v) is 5.48. The van der Waals surface area contributed by atoms with Gasteiger partial charge in [-0.2, -0.15) is 0 Å². The molecule has 1 saturated carbocycles. The van der Waals surface area contributed by atoms with Gasteiger partial charge in [-0.1, -0.05) is 0 Å². The summed E-state index contributed by atoms with van der Waals surface area (Å²) < 4.78 is 9.17. The van der Waals surface area contributed by atoms with Gasteiger partial charge in [-0.25, -0.2) is 0 Å². The average Bonchev–Trinajstić information content (AvgIpc) is 2.24. The van der Waals surface area contributed by atoms with E-state index in [1.807, 2.05) is 0 Å². The van der Waals surface area contributed by atoms with E-state index in [4.69, 9.17) is 0 Å². The molecule has 2 heterocycles. The van der Waals surface area contributed by atoms with Gasteiger partial charge >= 0.3 is 23.9 Å². The molecular formula is C12H12O6. The van der Waals surface area contributed by atoms with Gasteiger partial charge in [0, 0.05) is 0 Å². The zero-order valence-electron chi connectivity index (χ0n) is 9.64. The lowest BCUT2D eigenvalue weighted by Crippen LogP contribution is -2.48. The van der Waals surface area contributed by atoms with Crippen molar-refractivity contribution in [3.63, 3.8) is 0 Å². The van der Waals surface area contributed by atoms with E-state index in [2.05, 4.69) is 9.47 Å². The first kappa shape index (κ1) is 11.4. The van der Waals surface area contributed by atoms with Gasteiger partial charge in [-0.05, 0) is 24.7 Å². The minimum atomic E-state index is -0.588. The van der Waals surface area contributed by atoms with Crippen molar-refractivity contribution < 1.29 is 28.7 Å². The van der Waals surface area contributed by atoms with E-state index in [0.717, 1.165) is 0 Å². The molecule has 0 aromatic carbocycles. The van der Waals surface area contributed by atoms with Crippen LogP contribution < -0.4 is 0 Å². The average molecular weight is 252 g/mol. The molecule has 1 spiro atoms. The van der Waals surface area contributed by atoms with Crippen molar-refractivity contribution in [2.45, 2.75) is 32.1 Å². The first-order chi connectivity index (χ1) is 8.47. The summed E-state index contributed by atoms with van der Waals surface area (Å²) in [6.07, 6.45) is 1.54. The standard InChI is InChI=1S/C12H12O6/c13-8-4-12(5-9(14)17-8)2-6-1-7(3-12)11(16)18-10(6)15/h6-7H,1-5H2. The monoisotopic (exact) mass is 252 g/mol. The summed E-state index contributed by atoms with van der Waals surface area (Å²) in [7, 11) is 0. The SMILES string of the molecule is O=C1CC2(CC(=O)O1)CC1CC(C2)C(=O)OC1=O. The maximum atomic E-state index is 11.6. The Morgan fingerprint density at radius 3 is 1.83 bits per heavy atom. The Hall–Kier alpha value is -1.72. The minimum absolute atomic E-state index is 0.103. The van der Waals surface area contributed by atoms with Crippen molar-refractivity contribution >= 4 is 23.9 Å². The van der Waals surface area contributed by atoms with Gasteiger partial charge in [-0.3, -0.25) is 19.2 Å². The number of esters is 4. The van der Waals surface area contributed by atoms with Crippen molar-refractivity contribution in [2.75, 3.05) is 0 Å². The Morgan fingerprint density at radius 2 is 1.33 bits per heavy atom. The van der Waals surface area contributed by atoms with Crippen LogP contribution in [0.3, 0.4) is 0 Å². The molecule has 0 aromatic heterocycles. The van der Waals surface area contributed by atoms with Crippen LogP contribution in [-0.4, -0.2) is 23.9 Å². The second kappa shape index (κ2) is 3.63. The third kappa shape index (κ3) is 1.72. The maximum absolute atomic E-state index is 11.6. The zero-order valence-corrected chi connectivity index (χ0v) is 9.64. The molecule has 3 rings (SSSR count). The molecule has 2 atom stereocenters. The Bertz CT molecular complexity index is 425. The number of hydrogen-bond acceptors (Lipinski definition) is 6. The summed E-state index contributed by atoms with van der Waals surface area (Å²) in [6.45, 7) is 0. The van der Waals surface area contributed by atoms with E-state index < -0.39 is 29.3 Å². The molecule has 2 saturated heterocycles. The molecule has 0 amide bonds. The fraction of sp³-hybridized carbons (Fsp3) is 0.667. The van der Waals surface area contributed by atoms with E-state index >= 15 is 0 Å². The Labute approximate surface area is 103 Å². The van der Waals surface area contributed by atoms with E-state index in [1.54, 1.807) is 0 Å². The van der Waals surface area contributed by atoms with Crippen molar-refractivity contribution in [3.05, 3.63) is 0 Å².